The highest BCUT2D eigenvalue weighted by Crippen LogP contribution is 2.02. The maximum atomic E-state index is 11.1. The quantitative estimate of drug-likeness (QED) is 0.685. The second-order valence-corrected chi connectivity index (χ2v) is 2.99. The maximum Gasteiger partial charge on any atom is 0.376 e. The summed E-state index contributed by atoms with van der Waals surface area (Å²) in [5.41, 5.74) is 0. The van der Waals surface area contributed by atoms with Crippen LogP contribution in [-0.2, 0) is 4.74 Å². The molecule has 0 fully saturated rings. The number of carbonyl (C=O) groups is 1. The first-order chi connectivity index (χ1) is 7.13. The van der Waals surface area contributed by atoms with Crippen LogP contribution in [0.15, 0.2) is 12.3 Å². The maximum absolute atomic E-state index is 11.1. The van der Waals surface area contributed by atoms with Crippen LogP contribution >= 0.6 is 0 Å². The molecule has 1 aromatic heterocycles. The number of rotatable bonds is 4. The molecule has 0 aliphatic rings. The van der Waals surface area contributed by atoms with Gasteiger partial charge in [-0.3, -0.25) is 0 Å². The van der Waals surface area contributed by atoms with E-state index in [9.17, 15) is 4.79 Å². The number of esters is 1. The predicted octanol–water partition coefficient (Wildman–Crippen LogP) is 0.0559. The fraction of sp³-hybridized carbons (Fsp3) is 0.444. The predicted molar refractivity (Wildman–Crippen MR) is 53.5 cm³/mol. The molecule has 6 heteroatoms. The van der Waals surface area contributed by atoms with E-state index in [-0.39, 0.29) is 5.82 Å². The summed E-state index contributed by atoms with van der Waals surface area (Å²) in [4.78, 5) is 18.7. The van der Waals surface area contributed by atoms with Crippen LogP contribution in [0.4, 0.5) is 5.82 Å². The molecule has 0 saturated heterocycles. The molecule has 0 amide bonds. The molecular weight excluding hydrogens is 198 g/mol. The normalized spacial score (nSPS) is 11.9. The number of anilines is 1. The van der Waals surface area contributed by atoms with Crippen molar-refractivity contribution in [2.24, 2.45) is 0 Å². The van der Waals surface area contributed by atoms with Crippen molar-refractivity contribution < 1.29 is 14.6 Å². The summed E-state index contributed by atoms with van der Waals surface area (Å²) in [6, 6.07) is 1.61. The number of aliphatic hydroxyl groups excluding tert-OH is 1. The van der Waals surface area contributed by atoms with Crippen LogP contribution in [0, 0.1) is 0 Å². The monoisotopic (exact) mass is 211 g/mol. The first-order valence-corrected chi connectivity index (χ1v) is 4.46. The number of methoxy groups -OCH3 is 1. The van der Waals surface area contributed by atoms with E-state index in [0.717, 1.165) is 0 Å². The average molecular weight is 211 g/mol. The van der Waals surface area contributed by atoms with Crippen LogP contribution in [0.2, 0.25) is 0 Å². The summed E-state index contributed by atoms with van der Waals surface area (Å²) in [5.74, 6) is -0.116. The third-order valence-corrected chi connectivity index (χ3v) is 1.60. The Balaban J connectivity index is 2.70. The van der Waals surface area contributed by atoms with Gasteiger partial charge >= 0.3 is 5.97 Å². The van der Waals surface area contributed by atoms with Gasteiger partial charge in [-0.05, 0) is 13.0 Å². The number of carbonyl (C=O) groups excluding carboxylic acids is 1. The fourth-order valence-electron chi connectivity index (χ4n) is 0.899. The van der Waals surface area contributed by atoms with Crippen molar-refractivity contribution in [3.05, 3.63) is 18.1 Å². The van der Waals surface area contributed by atoms with E-state index in [0.29, 0.717) is 12.4 Å². The van der Waals surface area contributed by atoms with Crippen LogP contribution < -0.4 is 5.32 Å². The van der Waals surface area contributed by atoms with Gasteiger partial charge in [-0.1, -0.05) is 0 Å². The first kappa shape index (κ1) is 11.4. The molecule has 6 nitrogen and oxygen atoms in total. The molecule has 1 rings (SSSR count). The zero-order chi connectivity index (χ0) is 11.3. The molecule has 0 bridgehead atoms. The number of ether oxygens (including phenoxy) is 1. The molecule has 1 unspecified atom stereocenters. The lowest BCUT2D eigenvalue weighted by atomic mass is 10.4. The Morgan fingerprint density at radius 2 is 2.47 bits per heavy atom. The highest BCUT2D eigenvalue weighted by molar-refractivity contribution is 5.85. The molecule has 0 radical (unpaired) electrons. The van der Waals surface area contributed by atoms with E-state index < -0.39 is 12.1 Å². The smallest absolute Gasteiger partial charge is 0.376 e. The average Bonchev–Trinajstić information content (AvgIpc) is 2.25. The van der Waals surface area contributed by atoms with Crippen LogP contribution in [0.1, 0.15) is 17.5 Å². The fourth-order valence-corrected chi connectivity index (χ4v) is 0.899. The highest BCUT2D eigenvalue weighted by atomic mass is 16.5. The molecule has 0 spiro atoms. The number of nitrogens with zero attached hydrogens (tertiary/aromatic N) is 2. The van der Waals surface area contributed by atoms with Gasteiger partial charge in [0.25, 0.3) is 0 Å². The van der Waals surface area contributed by atoms with Gasteiger partial charge in [0.1, 0.15) is 5.82 Å². The topological polar surface area (TPSA) is 84.3 Å². The minimum absolute atomic E-state index is 0.00640. The minimum Gasteiger partial charge on any atom is -0.463 e. The molecule has 2 N–H and O–H groups in total. The van der Waals surface area contributed by atoms with Gasteiger partial charge in [0, 0.05) is 12.7 Å². The van der Waals surface area contributed by atoms with Crippen molar-refractivity contribution in [2.75, 3.05) is 19.0 Å². The Labute approximate surface area is 87.3 Å². The first-order valence-electron chi connectivity index (χ1n) is 4.46. The van der Waals surface area contributed by atoms with Crippen LogP contribution in [-0.4, -0.2) is 40.8 Å². The molecule has 1 atom stereocenters. The second kappa shape index (κ2) is 5.26. The molecule has 82 valence electrons. The van der Waals surface area contributed by atoms with Gasteiger partial charge in [-0.2, -0.15) is 0 Å². The number of aliphatic hydroxyl groups is 1. The largest absolute Gasteiger partial charge is 0.463 e. The number of nitrogens with one attached hydrogen (secondary N) is 1. The third-order valence-electron chi connectivity index (χ3n) is 1.60. The van der Waals surface area contributed by atoms with Crippen molar-refractivity contribution >= 4 is 11.8 Å². The zero-order valence-corrected chi connectivity index (χ0v) is 8.60. The molecule has 0 aliphatic carbocycles. The second-order valence-electron chi connectivity index (χ2n) is 2.99. The Morgan fingerprint density at radius 3 is 3.07 bits per heavy atom. The van der Waals surface area contributed by atoms with E-state index in [2.05, 4.69) is 20.0 Å². The minimum atomic E-state index is -0.587. The van der Waals surface area contributed by atoms with E-state index in [1.165, 1.54) is 13.3 Å². The van der Waals surface area contributed by atoms with Gasteiger partial charge in [0.2, 0.25) is 5.82 Å². The highest BCUT2D eigenvalue weighted by Gasteiger charge is 2.09. The molecule has 15 heavy (non-hydrogen) atoms. The lowest BCUT2D eigenvalue weighted by Crippen LogP contribution is -2.17. The zero-order valence-electron chi connectivity index (χ0n) is 8.60. The van der Waals surface area contributed by atoms with E-state index in [4.69, 9.17) is 5.11 Å². The van der Waals surface area contributed by atoms with Gasteiger partial charge < -0.3 is 15.2 Å². The molecular formula is C9H13N3O3. The van der Waals surface area contributed by atoms with Gasteiger partial charge in [0.15, 0.2) is 0 Å². The van der Waals surface area contributed by atoms with E-state index >= 15 is 0 Å². The lowest BCUT2D eigenvalue weighted by molar-refractivity contribution is 0.0587. The summed E-state index contributed by atoms with van der Waals surface area (Å²) in [5, 5.41) is 11.9. The summed E-state index contributed by atoms with van der Waals surface area (Å²) in [6.07, 6.45) is 0.963. The van der Waals surface area contributed by atoms with Crippen molar-refractivity contribution in [2.45, 2.75) is 13.0 Å². The molecule has 0 saturated carbocycles. The van der Waals surface area contributed by atoms with Gasteiger partial charge in [0.05, 0.1) is 13.2 Å². The molecule has 0 aromatic carbocycles. The third kappa shape index (κ3) is 3.51. The van der Waals surface area contributed by atoms with Crippen molar-refractivity contribution in [3.63, 3.8) is 0 Å². The van der Waals surface area contributed by atoms with Crippen LogP contribution in [0.3, 0.4) is 0 Å². The summed E-state index contributed by atoms with van der Waals surface area (Å²) in [7, 11) is 1.27. The number of aromatic nitrogens is 2. The molecule has 0 aliphatic heterocycles. The molecule has 1 aromatic rings. The lowest BCUT2D eigenvalue weighted by Gasteiger charge is -2.07. The van der Waals surface area contributed by atoms with Crippen molar-refractivity contribution in [1.82, 2.24) is 9.97 Å². The number of hydrogen-bond acceptors (Lipinski definition) is 6. The number of hydrogen-bond donors (Lipinski definition) is 2. The van der Waals surface area contributed by atoms with Gasteiger partial charge in [-0.15, -0.1) is 0 Å². The van der Waals surface area contributed by atoms with Crippen LogP contribution in [0.25, 0.3) is 0 Å². The van der Waals surface area contributed by atoms with Crippen LogP contribution in [0.5, 0.6) is 0 Å². The summed E-state index contributed by atoms with van der Waals surface area (Å²) >= 11 is 0. The summed E-state index contributed by atoms with van der Waals surface area (Å²) in [6.45, 7) is 2.01. The van der Waals surface area contributed by atoms with E-state index in [1.54, 1.807) is 13.0 Å². The van der Waals surface area contributed by atoms with E-state index in [1.807, 2.05) is 0 Å². The van der Waals surface area contributed by atoms with Crippen molar-refractivity contribution in [3.8, 4) is 0 Å². The molecule has 1 heterocycles. The SMILES string of the molecule is COC(=O)c1nccc(NCC(C)O)n1. The summed E-state index contributed by atoms with van der Waals surface area (Å²) < 4.78 is 4.48. The Morgan fingerprint density at radius 1 is 1.73 bits per heavy atom. The Kier molecular flexibility index (Phi) is 3.99. The Hall–Kier alpha value is -1.69. The van der Waals surface area contributed by atoms with Crippen molar-refractivity contribution in [1.29, 1.82) is 0 Å². The Bertz CT molecular complexity index is 341. The van der Waals surface area contributed by atoms with Gasteiger partial charge in [-0.25, -0.2) is 14.8 Å². The standard InChI is InChI=1S/C9H13N3O3/c1-6(13)5-11-7-3-4-10-8(12-7)9(14)15-2/h3-4,6,13H,5H2,1-2H3,(H,10,11,12).